The molecule has 1 heterocycles. The summed E-state index contributed by atoms with van der Waals surface area (Å²) in [5, 5.41) is 3.64. The molecule has 0 saturated heterocycles. The number of hydrogen-bond donors (Lipinski definition) is 1. The Labute approximate surface area is 131 Å². The van der Waals surface area contributed by atoms with E-state index >= 15 is 0 Å². The first-order valence-electron chi connectivity index (χ1n) is 7.29. The van der Waals surface area contributed by atoms with Gasteiger partial charge in [0.1, 0.15) is 0 Å². The first-order chi connectivity index (χ1) is 9.72. The van der Waals surface area contributed by atoms with Gasteiger partial charge in [-0.2, -0.15) is 0 Å². The fraction of sp³-hybridized carbons (Fsp3) is 0.412. The third kappa shape index (κ3) is 4.34. The Bertz CT molecular complexity index is 518. The van der Waals surface area contributed by atoms with Crippen LogP contribution in [0.5, 0.6) is 0 Å². The van der Waals surface area contributed by atoms with E-state index in [0.29, 0.717) is 6.04 Å². The number of nitrogens with one attached hydrogen (secondary N) is 1. The fourth-order valence-corrected chi connectivity index (χ4v) is 3.41. The molecular formula is C17H22ClNS. The highest BCUT2D eigenvalue weighted by molar-refractivity contribution is 7.16. The van der Waals surface area contributed by atoms with Crippen LogP contribution in [0.15, 0.2) is 36.4 Å². The molecule has 2 aromatic rings. The van der Waals surface area contributed by atoms with Crippen molar-refractivity contribution in [3.8, 4) is 0 Å². The van der Waals surface area contributed by atoms with Crippen molar-refractivity contribution >= 4 is 22.9 Å². The minimum absolute atomic E-state index is 0.371. The largest absolute Gasteiger partial charge is 0.310 e. The molecule has 0 spiro atoms. The zero-order valence-electron chi connectivity index (χ0n) is 12.2. The Hall–Kier alpha value is -0.830. The second-order valence-corrected chi connectivity index (χ2v) is 6.81. The summed E-state index contributed by atoms with van der Waals surface area (Å²) < 4.78 is 0.871. The number of benzene rings is 1. The maximum atomic E-state index is 6.03. The second kappa shape index (κ2) is 7.82. The van der Waals surface area contributed by atoms with E-state index in [1.165, 1.54) is 16.0 Å². The minimum Gasteiger partial charge on any atom is -0.310 e. The van der Waals surface area contributed by atoms with Crippen LogP contribution in [-0.4, -0.2) is 6.54 Å². The highest BCUT2D eigenvalue weighted by atomic mass is 35.5. The average molecular weight is 308 g/mol. The third-order valence-electron chi connectivity index (χ3n) is 3.47. The van der Waals surface area contributed by atoms with Crippen LogP contribution in [-0.2, 0) is 12.8 Å². The van der Waals surface area contributed by atoms with Crippen molar-refractivity contribution in [3.63, 3.8) is 0 Å². The second-order valence-electron chi connectivity index (χ2n) is 5.01. The van der Waals surface area contributed by atoms with Gasteiger partial charge in [0, 0.05) is 17.3 Å². The van der Waals surface area contributed by atoms with Crippen LogP contribution in [0.1, 0.15) is 42.3 Å². The topological polar surface area (TPSA) is 12.0 Å². The number of halogens is 1. The summed E-state index contributed by atoms with van der Waals surface area (Å²) in [6.07, 6.45) is 3.24. The Morgan fingerprint density at radius 3 is 2.40 bits per heavy atom. The van der Waals surface area contributed by atoms with Crippen molar-refractivity contribution in [1.82, 2.24) is 5.32 Å². The Morgan fingerprint density at radius 1 is 1.10 bits per heavy atom. The maximum Gasteiger partial charge on any atom is 0.0931 e. The third-order valence-corrected chi connectivity index (χ3v) is 4.72. The fourth-order valence-electron chi connectivity index (χ4n) is 2.27. The molecule has 0 radical (unpaired) electrons. The lowest BCUT2D eigenvalue weighted by Crippen LogP contribution is -2.23. The Balaban J connectivity index is 2.12. The van der Waals surface area contributed by atoms with E-state index < -0.39 is 0 Å². The van der Waals surface area contributed by atoms with Crippen molar-refractivity contribution < 1.29 is 0 Å². The molecule has 0 saturated carbocycles. The molecule has 0 bridgehead atoms. The summed E-state index contributed by atoms with van der Waals surface area (Å²) in [6, 6.07) is 13.5. The van der Waals surface area contributed by atoms with Crippen LogP contribution < -0.4 is 5.32 Å². The van der Waals surface area contributed by atoms with E-state index in [0.717, 1.165) is 30.1 Å². The monoisotopic (exact) mass is 307 g/mol. The molecule has 3 heteroatoms. The van der Waals surface area contributed by atoms with E-state index in [1.54, 1.807) is 11.3 Å². The Kier molecular flexibility index (Phi) is 6.08. The van der Waals surface area contributed by atoms with Crippen LogP contribution in [0.4, 0.5) is 0 Å². The van der Waals surface area contributed by atoms with E-state index in [2.05, 4.69) is 49.5 Å². The molecule has 108 valence electrons. The summed E-state index contributed by atoms with van der Waals surface area (Å²) >= 11 is 7.71. The van der Waals surface area contributed by atoms with Gasteiger partial charge in [-0.15, -0.1) is 11.3 Å². The molecule has 0 fully saturated rings. The molecule has 1 unspecified atom stereocenters. The van der Waals surface area contributed by atoms with Crippen LogP contribution in [0, 0.1) is 0 Å². The predicted octanol–water partition coefficient (Wildman–Crippen LogP) is 5.25. The summed E-state index contributed by atoms with van der Waals surface area (Å²) in [5.74, 6) is 0. The molecule has 2 rings (SSSR count). The van der Waals surface area contributed by atoms with E-state index in [-0.39, 0.29) is 0 Å². The molecule has 1 nitrogen and oxygen atoms in total. The summed E-state index contributed by atoms with van der Waals surface area (Å²) in [4.78, 5) is 1.34. The first kappa shape index (κ1) is 15.6. The lowest BCUT2D eigenvalue weighted by molar-refractivity contribution is 0.532. The van der Waals surface area contributed by atoms with Crippen molar-refractivity contribution in [2.45, 2.75) is 39.2 Å². The minimum atomic E-state index is 0.371. The van der Waals surface area contributed by atoms with E-state index in [1.807, 2.05) is 6.07 Å². The molecule has 1 aromatic heterocycles. The predicted molar refractivity (Wildman–Crippen MR) is 89.9 cm³/mol. The molecule has 1 aromatic carbocycles. The lowest BCUT2D eigenvalue weighted by atomic mass is 10.0. The van der Waals surface area contributed by atoms with Gasteiger partial charge in [0.25, 0.3) is 0 Å². The molecule has 20 heavy (non-hydrogen) atoms. The van der Waals surface area contributed by atoms with Gasteiger partial charge in [0.05, 0.1) is 4.34 Å². The molecule has 0 aliphatic heterocycles. The van der Waals surface area contributed by atoms with Crippen LogP contribution in [0.25, 0.3) is 0 Å². The maximum absolute atomic E-state index is 6.03. The van der Waals surface area contributed by atoms with Gasteiger partial charge in [-0.05, 0) is 42.6 Å². The molecular weight excluding hydrogens is 286 g/mol. The van der Waals surface area contributed by atoms with Gasteiger partial charge in [-0.3, -0.25) is 0 Å². The SMILES string of the molecule is CCCNC(Cc1ccc(Cl)s1)c1ccc(CC)cc1. The highest BCUT2D eigenvalue weighted by Crippen LogP contribution is 2.27. The Morgan fingerprint density at radius 2 is 1.85 bits per heavy atom. The van der Waals surface area contributed by atoms with Gasteiger partial charge in [-0.1, -0.05) is 49.7 Å². The lowest BCUT2D eigenvalue weighted by Gasteiger charge is -2.18. The number of aryl methyl sites for hydroxylation is 1. The van der Waals surface area contributed by atoms with Crippen LogP contribution in [0.3, 0.4) is 0 Å². The molecule has 0 aliphatic rings. The van der Waals surface area contributed by atoms with E-state index in [9.17, 15) is 0 Å². The summed E-state index contributed by atoms with van der Waals surface area (Å²) in [5.41, 5.74) is 2.75. The average Bonchev–Trinajstić information content (AvgIpc) is 2.89. The van der Waals surface area contributed by atoms with Gasteiger partial charge in [0.2, 0.25) is 0 Å². The standard InChI is InChI=1S/C17H22ClNS/c1-3-11-19-16(12-15-9-10-17(18)20-15)14-7-5-13(4-2)6-8-14/h5-10,16,19H,3-4,11-12H2,1-2H3. The van der Waals surface area contributed by atoms with Gasteiger partial charge in [0.15, 0.2) is 0 Å². The smallest absolute Gasteiger partial charge is 0.0931 e. The summed E-state index contributed by atoms with van der Waals surface area (Å²) in [7, 11) is 0. The molecule has 0 amide bonds. The van der Waals surface area contributed by atoms with Crippen LogP contribution >= 0.6 is 22.9 Å². The molecule has 1 atom stereocenters. The van der Waals surface area contributed by atoms with Crippen molar-refractivity contribution in [1.29, 1.82) is 0 Å². The molecule has 0 aliphatic carbocycles. The zero-order chi connectivity index (χ0) is 14.4. The van der Waals surface area contributed by atoms with Crippen LogP contribution in [0.2, 0.25) is 4.34 Å². The summed E-state index contributed by atoms with van der Waals surface area (Å²) in [6.45, 7) is 5.43. The number of thiophene rings is 1. The zero-order valence-corrected chi connectivity index (χ0v) is 13.7. The van der Waals surface area contributed by atoms with Crippen molar-refractivity contribution in [3.05, 3.63) is 56.7 Å². The normalized spacial score (nSPS) is 12.6. The van der Waals surface area contributed by atoms with Gasteiger partial charge < -0.3 is 5.32 Å². The van der Waals surface area contributed by atoms with Gasteiger partial charge >= 0.3 is 0 Å². The van der Waals surface area contributed by atoms with Crippen molar-refractivity contribution in [2.24, 2.45) is 0 Å². The quantitative estimate of drug-likeness (QED) is 0.737. The number of rotatable bonds is 7. The molecule has 1 N–H and O–H groups in total. The highest BCUT2D eigenvalue weighted by Gasteiger charge is 2.12. The van der Waals surface area contributed by atoms with Crippen molar-refractivity contribution in [2.75, 3.05) is 6.54 Å². The van der Waals surface area contributed by atoms with Gasteiger partial charge in [-0.25, -0.2) is 0 Å². The number of hydrogen-bond acceptors (Lipinski definition) is 2. The van der Waals surface area contributed by atoms with E-state index in [4.69, 9.17) is 11.6 Å². The first-order valence-corrected chi connectivity index (χ1v) is 8.48.